The molecule has 1 atom stereocenters. The highest BCUT2D eigenvalue weighted by molar-refractivity contribution is 9.10. The van der Waals surface area contributed by atoms with Gasteiger partial charge in [0.05, 0.1) is 0 Å². The normalized spacial score (nSPS) is 19.2. The minimum Gasteiger partial charge on any atom is -0.611 e. The fraction of sp³-hybridized carbons (Fsp3) is 0.333. The van der Waals surface area contributed by atoms with E-state index in [9.17, 15) is 4.55 Å². The monoisotopic (exact) mass is 244 g/mol. The molecule has 64 valence electrons. The van der Waals surface area contributed by atoms with E-state index in [1.165, 1.54) is 0 Å². The molecular weight excluding hydrogens is 236 g/mol. The predicted octanol–water partition coefficient (Wildman–Crippen LogP) is 2.72. The summed E-state index contributed by atoms with van der Waals surface area (Å²) >= 11 is 2.60. The van der Waals surface area contributed by atoms with Gasteiger partial charge in [0.15, 0.2) is 4.90 Å². The van der Waals surface area contributed by atoms with Gasteiger partial charge in [-0.05, 0) is 35.4 Å². The summed E-state index contributed by atoms with van der Waals surface area (Å²) in [6, 6.07) is 7.74. The molecule has 1 fully saturated rings. The third kappa shape index (κ3) is 1.84. The second kappa shape index (κ2) is 3.40. The summed E-state index contributed by atoms with van der Waals surface area (Å²) in [6.45, 7) is 0. The minimum atomic E-state index is -0.753. The molecule has 1 aliphatic rings. The standard InChI is InChI=1S/C9H9BrOS/c10-7-1-3-8(4-2-7)12(11)9-5-6-9/h1-4,9H,5-6H2. The summed E-state index contributed by atoms with van der Waals surface area (Å²) in [7, 11) is 0. The Morgan fingerprint density at radius 1 is 1.25 bits per heavy atom. The van der Waals surface area contributed by atoms with E-state index in [0.29, 0.717) is 5.25 Å². The average molecular weight is 245 g/mol. The van der Waals surface area contributed by atoms with Crippen molar-refractivity contribution in [3.05, 3.63) is 28.7 Å². The van der Waals surface area contributed by atoms with Crippen LogP contribution in [-0.2, 0) is 11.2 Å². The smallest absolute Gasteiger partial charge is 0.153 e. The molecular formula is C9H9BrOS. The lowest BCUT2D eigenvalue weighted by Crippen LogP contribution is -2.06. The first-order chi connectivity index (χ1) is 5.77. The van der Waals surface area contributed by atoms with Crippen molar-refractivity contribution in [3.63, 3.8) is 0 Å². The van der Waals surface area contributed by atoms with Gasteiger partial charge in [0.1, 0.15) is 5.25 Å². The SMILES string of the molecule is [O-][S+](c1ccc(Br)cc1)C1CC1. The van der Waals surface area contributed by atoms with Crippen LogP contribution in [0.5, 0.6) is 0 Å². The molecule has 0 aliphatic heterocycles. The molecule has 0 amide bonds. The molecule has 1 unspecified atom stereocenters. The number of halogens is 1. The van der Waals surface area contributed by atoms with Crippen molar-refractivity contribution >= 4 is 27.1 Å². The predicted molar refractivity (Wildman–Crippen MR) is 53.6 cm³/mol. The summed E-state index contributed by atoms with van der Waals surface area (Å²) < 4.78 is 12.7. The lowest BCUT2D eigenvalue weighted by atomic mass is 10.4. The van der Waals surface area contributed by atoms with Gasteiger partial charge in [-0.2, -0.15) is 0 Å². The van der Waals surface area contributed by atoms with Gasteiger partial charge in [0.25, 0.3) is 0 Å². The van der Waals surface area contributed by atoms with Gasteiger partial charge in [0, 0.05) is 17.3 Å². The molecule has 0 aromatic heterocycles. The van der Waals surface area contributed by atoms with Crippen molar-refractivity contribution in [2.24, 2.45) is 0 Å². The summed E-state index contributed by atoms with van der Waals surface area (Å²) in [6.07, 6.45) is 2.26. The van der Waals surface area contributed by atoms with E-state index < -0.39 is 11.2 Å². The zero-order chi connectivity index (χ0) is 8.55. The van der Waals surface area contributed by atoms with Crippen LogP contribution in [0.15, 0.2) is 33.6 Å². The highest BCUT2D eigenvalue weighted by atomic mass is 79.9. The molecule has 1 nitrogen and oxygen atoms in total. The molecule has 0 N–H and O–H groups in total. The zero-order valence-electron chi connectivity index (χ0n) is 6.50. The van der Waals surface area contributed by atoms with Gasteiger partial charge in [-0.25, -0.2) is 0 Å². The first-order valence-electron chi connectivity index (χ1n) is 3.93. The van der Waals surface area contributed by atoms with E-state index in [1.807, 2.05) is 24.3 Å². The molecule has 1 aliphatic carbocycles. The van der Waals surface area contributed by atoms with Gasteiger partial charge in [-0.3, -0.25) is 0 Å². The van der Waals surface area contributed by atoms with Crippen LogP contribution in [0.2, 0.25) is 0 Å². The van der Waals surface area contributed by atoms with Crippen LogP contribution in [0.4, 0.5) is 0 Å². The van der Waals surface area contributed by atoms with Gasteiger partial charge < -0.3 is 4.55 Å². The average Bonchev–Trinajstić information content (AvgIpc) is 2.87. The van der Waals surface area contributed by atoms with Crippen molar-refractivity contribution in [3.8, 4) is 0 Å². The van der Waals surface area contributed by atoms with Crippen molar-refractivity contribution in [2.75, 3.05) is 0 Å². The van der Waals surface area contributed by atoms with Gasteiger partial charge >= 0.3 is 0 Å². The number of hydrogen-bond donors (Lipinski definition) is 0. The van der Waals surface area contributed by atoms with Crippen LogP contribution in [0, 0.1) is 0 Å². The first-order valence-corrected chi connectivity index (χ1v) is 5.94. The molecule has 1 saturated carbocycles. The van der Waals surface area contributed by atoms with Gasteiger partial charge in [-0.15, -0.1) is 0 Å². The van der Waals surface area contributed by atoms with E-state index in [4.69, 9.17) is 0 Å². The fourth-order valence-electron chi connectivity index (χ4n) is 1.04. The molecule has 0 bridgehead atoms. The Morgan fingerprint density at radius 3 is 2.33 bits per heavy atom. The van der Waals surface area contributed by atoms with Crippen LogP contribution in [0.25, 0.3) is 0 Å². The summed E-state index contributed by atoms with van der Waals surface area (Å²) in [4.78, 5) is 0.959. The fourth-order valence-corrected chi connectivity index (χ4v) is 2.66. The highest BCUT2D eigenvalue weighted by Crippen LogP contribution is 2.33. The van der Waals surface area contributed by atoms with Crippen LogP contribution >= 0.6 is 15.9 Å². The van der Waals surface area contributed by atoms with Crippen molar-refractivity contribution in [1.82, 2.24) is 0 Å². The Bertz CT molecular complexity index is 268. The minimum absolute atomic E-state index is 0.436. The maximum absolute atomic E-state index is 11.6. The maximum Gasteiger partial charge on any atom is 0.153 e. The van der Waals surface area contributed by atoms with Crippen LogP contribution < -0.4 is 0 Å². The van der Waals surface area contributed by atoms with Crippen LogP contribution in [0.3, 0.4) is 0 Å². The summed E-state index contributed by atoms with van der Waals surface area (Å²) in [5.41, 5.74) is 0. The van der Waals surface area contributed by atoms with Crippen molar-refractivity contribution in [1.29, 1.82) is 0 Å². The topological polar surface area (TPSA) is 23.1 Å². The maximum atomic E-state index is 11.6. The Morgan fingerprint density at radius 2 is 1.83 bits per heavy atom. The summed E-state index contributed by atoms with van der Waals surface area (Å²) in [5.74, 6) is 0. The van der Waals surface area contributed by atoms with Gasteiger partial charge in [-0.1, -0.05) is 15.9 Å². The number of benzene rings is 1. The van der Waals surface area contributed by atoms with Crippen LogP contribution in [0.1, 0.15) is 12.8 Å². The lowest BCUT2D eigenvalue weighted by molar-refractivity contribution is 0.594. The number of hydrogen-bond acceptors (Lipinski definition) is 1. The third-order valence-corrected chi connectivity index (χ3v) is 4.22. The van der Waals surface area contributed by atoms with E-state index >= 15 is 0 Å². The molecule has 0 saturated heterocycles. The Balaban J connectivity index is 2.16. The molecule has 12 heavy (non-hydrogen) atoms. The first kappa shape index (κ1) is 8.60. The molecule has 0 spiro atoms. The summed E-state index contributed by atoms with van der Waals surface area (Å²) in [5, 5.41) is 0.436. The lowest BCUT2D eigenvalue weighted by Gasteiger charge is -2.08. The van der Waals surface area contributed by atoms with E-state index in [0.717, 1.165) is 22.2 Å². The van der Waals surface area contributed by atoms with Gasteiger partial charge in [0.2, 0.25) is 0 Å². The number of rotatable bonds is 2. The molecule has 1 aromatic carbocycles. The van der Waals surface area contributed by atoms with Crippen molar-refractivity contribution in [2.45, 2.75) is 23.0 Å². The molecule has 1 aromatic rings. The Labute approximate surface area is 83.5 Å². The molecule has 0 radical (unpaired) electrons. The molecule has 3 heteroatoms. The van der Waals surface area contributed by atoms with Crippen LogP contribution in [-0.4, -0.2) is 9.80 Å². The second-order valence-electron chi connectivity index (χ2n) is 2.95. The molecule has 2 rings (SSSR count). The van der Waals surface area contributed by atoms with E-state index in [-0.39, 0.29) is 0 Å². The highest BCUT2D eigenvalue weighted by Gasteiger charge is 2.35. The Hall–Kier alpha value is 0.01000. The largest absolute Gasteiger partial charge is 0.611 e. The second-order valence-corrected chi connectivity index (χ2v) is 5.60. The Kier molecular flexibility index (Phi) is 2.44. The van der Waals surface area contributed by atoms with E-state index in [2.05, 4.69) is 15.9 Å². The zero-order valence-corrected chi connectivity index (χ0v) is 8.90. The van der Waals surface area contributed by atoms with E-state index in [1.54, 1.807) is 0 Å². The molecule has 0 heterocycles. The van der Waals surface area contributed by atoms with Crippen molar-refractivity contribution < 1.29 is 4.55 Å². The third-order valence-electron chi connectivity index (χ3n) is 1.87. The quantitative estimate of drug-likeness (QED) is 0.734.